The average Bonchev–Trinajstić information content (AvgIpc) is 3.08. The highest BCUT2D eigenvalue weighted by atomic mass is 16.5. The smallest absolute Gasteiger partial charge is 0.407 e. The zero-order valence-electron chi connectivity index (χ0n) is 18.3. The number of carboxylic acids is 1. The lowest BCUT2D eigenvalue weighted by Gasteiger charge is -2.14. The third-order valence-electron chi connectivity index (χ3n) is 5.68. The Morgan fingerprint density at radius 2 is 1.59 bits per heavy atom. The minimum absolute atomic E-state index is 0.0162. The SMILES string of the molecule is CC(CCNC(=O)CCCNC(=O)OCC1c2ccccc2-c2ccccc21)CC(=O)O. The van der Waals surface area contributed by atoms with E-state index in [1.807, 2.05) is 31.2 Å². The molecule has 0 saturated heterocycles. The molecule has 0 spiro atoms. The Morgan fingerprint density at radius 1 is 0.969 bits per heavy atom. The molecule has 3 rings (SSSR count). The molecule has 0 saturated carbocycles. The molecular formula is C25H30N2O5. The highest BCUT2D eigenvalue weighted by Crippen LogP contribution is 2.44. The van der Waals surface area contributed by atoms with Gasteiger partial charge in [0.1, 0.15) is 6.61 Å². The van der Waals surface area contributed by atoms with E-state index in [9.17, 15) is 14.4 Å². The Balaban J connectivity index is 1.34. The molecular weight excluding hydrogens is 408 g/mol. The molecule has 0 radical (unpaired) electrons. The van der Waals surface area contributed by atoms with E-state index in [1.54, 1.807) is 0 Å². The maximum atomic E-state index is 12.1. The van der Waals surface area contributed by atoms with Crippen molar-refractivity contribution < 1.29 is 24.2 Å². The quantitative estimate of drug-likeness (QED) is 0.461. The number of alkyl carbamates (subject to hydrolysis) is 1. The molecule has 0 fully saturated rings. The molecule has 0 aliphatic heterocycles. The number of amides is 2. The highest BCUT2D eigenvalue weighted by molar-refractivity contribution is 5.79. The van der Waals surface area contributed by atoms with E-state index in [1.165, 1.54) is 11.1 Å². The molecule has 2 aromatic rings. The Kier molecular flexibility index (Phi) is 8.25. The van der Waals surface area contributed by atoms with Gasteiger partial charge in [-0.1, -0.05) is 55.5 Å². The number of aliphatic carboxylic acids is 1. The van der Waals surface area contributed by atoms with Crippen molar-refractivity contribution in [2.24, 2.45) is 5.92 Å². The topological polar surface area (TPSA) is 105 Å². The van der Waals surface area contributed by atoms with Crippen molar-refractivity contribution in [3.05, 3.63) is 59.7 Å². The summed E-state index contributed by atoms with van der Waals surface area (Å²) in [7, 11) is 0. The van der Waals surface area contributed by atoms with E-state index in [0.29, 0.717) is 25.9 Å². The molecule has 170 valence electrons. The number of carbonyl (C=O) groups is 3. The summed E-state index contributed by atoms with van der Waals surface area (Å²) in [5.74, 6) is -0.907. The Morgan fingerprint density at radius 3 is 2.22 bits per heavy atom. The van der Waals surface area contributed by atoms with E-state index in [4.69, 9.17) is 9.84 Å². The van der Waals surface area contributed by atoms with Gasteiger partial charge in [-0.15, -0.1) is 0 Å². The van der Waals surface area contributed by atoms with Crippen LogP contribution in [0.5, 0.6) is 0 Å². The van der Waals surface area contributed by atoms with Crippen molar-refractivity contribution in [3.63, 3.8) is 0 Å². The van der Waals surface area contributed by atoms with Crippen molar-refractivity contribution in [1.29, 1.82) is 0 Å². The number of carboxylic acid groups (broad SMARTS) is 1. The molecule has 1 unspecified atom stereocenters. The summed E-state index contributed by atoms with van der Waals surface area (Å²) < 4.78 is 5.47. The lowest BCUT2D eigenvalue weighted by Crippen LogP contribution is -2.29. The van der Waals surface area contributed by atoms with Crippen LogP contribution in [0.3, 0.4) is 0 Å². The number of nitrogens with one attached hydrogen (secondary N) is 2. The number of rotatable bonds is 11. The highest BCUT2D eigenvalue weighted by Gasteiger charge is 2.28. The largest absolute Gasteiger partial charge is 0.481 e. The number of hydrogen-bond acceptors (Lipinski definition) is 4. The fraction of sp³-hybridized carbons (Fsp3) is 0.400. The molecule has 1 aliphatic carbocycles. The van der Waals surface area contributed by atoms with Gasteiger partial charge >= 0.3 is 12.1 Å². The third kappa shape index (κ3) is 6.33. The number of ether oxygens (including phenoxy) is 1. The van der Waals surface area contributed by atoms with Crippen LogP contribution in [0, 0.1) is 5.92 Å². The van der Waals surface area contributed by atoms with Crippen molar-refractivity contribution in [1.82, 2.24) is 10.6 Å². The molecule has 3 N–H and O–H groups in total. The molecule has 0 aromatic heterocycles. The summed E-state index contributed by atoms with van der Waals surface area (Å²) >= 11 is 0. The normalized spacial score (nSPS) is 13.0. The number of fused-ring (bicyclic) bond motifs is 3. The van der Waals surface area contributed by atoms with Crippen molar-refractivity contribution in [2.45, 2.75) is 38.5 Å². The molecule has 0 bridgehead atoms. The average molecular weight is 439 g/mol. The van der Waals surface area contributed by atoms with Crippen LogP contribution in [0.25, 0.3) is 11.1 Å². The first-order valence-corrected chi connectivity index (χ1v) is 11.0. The van der Waals surface area contributed by atoms with Crippen LogP contribution in [0.15, 0.2) is 48.5 Å². The van der Waals surface area contributed by atoms with Gasteiger partial charge in [-0.3, -0.25) is 9.59 Å². The molecule has 2 amide bonds. The first-order valence-electron chi connectivity index (χ1n) is 11.0. The predicted molar refractivity (Wildman–Crippen MR) is 121 cm³/mol. The summed E-state index contributed by atoms with van der Waals surface area (Å²) in [4.78, 5) is 34.6. The van der Waals surface area contributed by atoms with Gasteiger partial charge in [0.05, 0.1) is 0 Å². The second-order valence-electron chi connectivity index (χ2n) is 8.20. The molecule has 32 heavy (non-hydrogen) atoms. The summed E-state index contributed by atoms with van der Waals surface area (Å²) in [5.41, 5.74) is 4.69. The molecule has 0 heterocycles. The van der Waals surface area contributed by atoms with Crippen molar-refractivity contribution >= 4 is 18.0 Å². The fourth-order valence-corrected chi connectivity index (χ4v) is 4.04. The summed E-state index contributed by atoms with van der Waals surface area (Å²) in [6.07, 6.45) is 1.02. The van der Waals surface area contributed by atoms with Gasteiger partial charge in [0.25, 0.3) is 0 Å². The molecule has 7 heteroatoms. The van der Waals surface area contributed by atoms with E-state index >= 15 is 0 Å². The summed E-state index contributed by atoms with van der Waals surface area (Å²) in [6, 6.07) is 16.3. The van der Waals surface area contributed by atoms with Crippen LogP contribution < -0.4 is 10.6 Å². The van der Waals surface area contributed by atoms with E-state index in [-0.39, 0.29) is 37.2 Å². The molecule has 1 aliphatic rings. The fourth-order valence-electron chi connectivity index (χ4n) is 4.04. The molecule has 1 atom stereocenters. The van der Waals surface area contributed by atoms with Crippen molar-refractivity contribution in [3.8, 4) is 11.1 Å². The lowest BCUT2D eigenvalue weighted by atomic mass is 9.98. The van der Waals surface area contributed by atoms with E-state index < -0.39 is 12.1 Å². The van der Waals surface area contributed by atoms with Gasteiger partial charge in [-0.05, 0) is 41.0 Å². The second-order valence-corrected chi connectivity index (χ2v) is 8.20. The monoisotopic (exact) mass is 438 g/mol. The van der Waals surface area contributed by atoms with Crippen LogP contribution in [0.1, 0.15) is 49.7 Å². The number of hydrogen-bond donors (Lipinski definition) is 3. The number of carbonyl (C=O) groups excluding carboxylic acids is 2. The minimum atomic E-state index is -0.830. The van der Waals surface area contributed by atoms with Gasteiger partial charge in [-0.25, -0.2) is 4.79 Å². The molecule has 7 nitrogen and oxygen atoms in total. The van der Waals surface area contributed by atoms with Gasteiger partial charge in [0.15, 0.2) is 0 Å². The zero-order chi connectivity index (χ0) is 22.9. The van der Waals surface area contributed by atoms with Crippen LogP contribution in [-0.2, 0) is 14.3 Å². The summed E-state index contributed by atoms with van der Waals surface area (Å²) in [6.45, 7) is 2.90. The third-order valence-corrected chi connectivity index (χ3v) is 5.68. The van der Waals surface area contributed by atoms with Crippen LogP contribution >= 0.6 is 0 Å². The van der Waals surface area contributed by atoms with E-state index in [2.05, 4.69) is 34.9 Å². The first kappa shape index (κ1) is 23.3. The Hall–Kier alpha value is -3.35. The van der Waals surface area contributed by atoms with Gasteiger partial charge < -0.3 is 20.5 Å². The minimum Gasteiger partial charge on any atom is -0.481 e. The van der Waals surface area contributed by atoms with Gasteiger partial charge in [-0.2, -0.15) is 0 Å². The van der Waals surface area contributed by atoms with Gasteiger partial charge in [0, 0.05) is 31.8 Å². The summed E-state index contributed by atoms with van der Waals surface area (Å²) in [5, 5.41) is 14.2. The van der Waals surface area contributed by atoms with E-state index in [0.717, 1.165) is 11.1 Å². The maximum Gasteiger partial charge on any atom is 0.407 e. The zero-order valence-corrected chi connectivity index (χ0v) is 18.3. The Bertz CT molecular complexity index is 913. The standard InChI is InChI=1S/C25H30N2O5/c1-17(15-24(29)30)12-14-26-23(28)11-6-13-27-25(31)32-16-22-20-9-4-2-7-18(20)19-8-3-5-10-21(19)22/h2-5,7-10,17,22H,6,11-16H2,1H3,(H,26,28)(H,27,31)(H,29,30). The Labute approximate surface area is 188 Å². The lowest BCUT2D eigenvalue weighted by molar-refractivity contribution is -0.138. The second kappa shape index (κ2) is 11.3. The van der Waals surface area contributed by atoms with Crippen LogP contribution in [0.4, 0.5) is 4.79 Å². The van der Waals surface area contributed by atoms with Gasteiger partial charge in [0.2, 0.25) is 5.91 Å². The van der Waals surface area contributed by atoms with Crippen LogP contribution in [-0.4, -0.2) is 42.8 Å². The number of benzene rings is 2. The van der Waals surface area contributed by atoms with Crippen molar-refractivity contribution in [2.75, 3.05) is 19.7 Å². The maximum absolute atomic E-state index is 12.1. The van der Waals surface area contributed by atoms with Crippen LogP contribution in [0.2, 0.25) is 0 Å². The first-order chi connectivity index (χ1) is 15.5. The molecule has 2 aromatic carbocycles. The predicted octanol–water partition coefficient (Wildman–Crippen LogP) is 3.92.